The first-order valence-corrected chi connectivity index (χ1v) is 5.28. The van der Waals surface area contributed by atoms with Crippen molar-refractivity contribution in [2.45, 2.75) is 6.92 Å². The Balaban J connectivity index is 2.47. The number of aryl methyl sites for hydroxylation is 1. The minimum Gasteiger partial charge on any atom is -0.479 e. The van der Waals surface area contributed by atoms with Gasteiger partial charge in [-0.3, -0.25) is 4.79 Å². The van der Waals surface area contributed by atoms with E-state index in [4.69, 9.17) is 4.74 Å². The van der Waals surface area contributed by atoms with Gasteiger partial charge >= 0.3 is 0 Å². The SMILES string of the molecule is COc1nccnc1C(=O)c1cc(C)cc(F)c1. The molecule has 18 heavy (non-hydrogen) atoms. The van der Waals surface area contributed by atoms with E-state index in [9.17, 15) is 9.18 Å². The van der Waals surface area contributed by atoms with Crippen molar-refractivity contribution < 1.29 is 13.9 Å². The molecule has 5 heteroatoms. The molecule has 0 amide bonds. The van der Waals surface area contributed by atoms with E-state index < -0.39 is 11.6 Å². The summed E-state index contributed by atoms with van der Waals surface area (Å²) in [5.74, 6) is -0.742. The van der Waals surface area contributed by atoms with Crippen LogP contribution in [0.4, 0.5) is 4.39 Å². The van der Waals surface area contributed by atoms with Crippen LogP contribution in [0.2, 0.25) is 0 Å². The van der Waals surface area contributed by atoms with Crippen LogP contribution in [0.3, 0.4) is 0 Å². The van der Waals surface area contributed by atoms with Crippen LogP contribution in [0.1, 0.15) is 21.6 Å². The van der Waals surface area contributed by atoms with E-state index in [-0.39, 0.29) is 17.1 Å². The number of hydrogen-bond donors (Lipinski definition) is 0. The molecule has 0 saturated heterocycles. The Bertz CT molecular complexity index is 579. The summed E-state index contributed by atoms with van der Waals surface area (Å²) in [5, 5.41) is 0. The topological polar surface area (TPSA) is 52.1 Å². The third-order valence-electron chi connectivity index (χ3n) is 2.38. The lowest BCUT2D eigenvalue weighted by Crippen LogP contribution is -2.08. The maximum Gasteiger partial charge on any atom is 0.243 e. The molecule has 1 aromatic heterocycles. The van der Waals surface area contributed by atoms with Crippen LogP contribution in [0.15, 0.2) is 30.6 Å². The highest BCUT2D eigenvalue weighted by Gasteiger charge is 2.17. The lowest BCUT2D eigenvalue weighted by molar-refractivity contribution is 0.103. The smallest absolute Gasteiger partial charge is 0.243 e. The predicted octanol–water partition coefficient (Wildman–Crippen LogP) is 2.16. The number of halogens is 1. The van der Waals surface area contributed by atoms with Gasteiger partial charge in [-0.15, -0.1) is 0 Å². The minimum absolute atomic E-state index is 0.0741. The van der Waals surface area contributed by atoms with Gasteiger partial charge in [-0.05, 0) is 30.7 Å². The summed E-state index contributed by atoms with van der Waals surface area (Å²) in [7, 11) is 1.40. The van der Waals surface area contributed by atoms with Gasteiger partial charge < -0.3 is 4.74 Å². The molecule has 0 aliphatic rings. The molecule has 0 spiro atoms. The largest absolute Gasteiger partial charge is 0.479 e. The molecule has 2 rings (SSSR count). The van der Waals surface area contributed by atoms with Crippen molar-refractivity contribution in [3.8, 4) is 5.88 Å². The molecular formula is C13H11FN2O2. The summed E-state index contributed by atoms with van der Waals surface area (Å²) >= 11 is 0. The first kappa shape index (κ1) is 12.2. The van der Waals surface area contributed by atoms with Crippen LogP contribution in [-0.2, 0) is 0 Å². The van der Waals surface area contributed by atoms with E-state index in [2.05, 4.69) is 9.97 Å². The van der Waals surface area contributed by atoms with Crippen molar-refractivity contribution in [3.05, 3.63) is 53.2 Å². The molecule has 0 N–H and O–H groups in total. The molecule has 0 saturated carbocycles. The molecule has 2 aromatic rings. The van der Waals surface area contributed by atoms with Crippen molar-refractivity contribution in [2.24, 2.45) is 0 Å². The number of nitrogens with zero attached hydrogens (tertiary/aromatic N) is 2. The van der Waals surface area contributed by atoms with Gasteiger partial charge in [0.25, 0.3) is 0 Å². The summed E-state index contributed by atoms with van der Waals surface area (Å²) in [5.41, 5.74) is 0.970. The standard InChI is InChI=1S/C13H11FN2O2/c1-8-5-9(7-10(14)6-8)12(17)11-13(18-2)16-4-3-15-11/h3-7H,1-2H3. The summed E-state index contributed by atoms with van der Waals surface area (Å²) in [6.45, 7) is 1.72. The summed E-state index contributed by atoms with van der Waals surface area (Å²) in [4.78, 5) is 20.0. The van der Waals surface area contributed by atoms with Crippen LogP contribution >= 0.6 is 0 Å². The van der Waals surface area contributed by atoms with Gasteiger partial charge in [0.2, 0.25) is 11.7 Å². The van der Waals surface area contributed by atoms with Gasteiger partial charge in [0.05, 0.1) is 7.11 Å². The Morgan fingerprint density at radius 1 is 1.22 bits per heavy atom. The minimum atomic E-state index is -0.457. The monoisotopic (exact) mass is 246 g/mol. The number of carbonyl (C=O) groups is 1. The van der Waals surface area contributed by atoms with Gasteiger partial charge in [0.1, 0.15) is 5.82 Å². The number of aromatic nitrogens is 2. The molecule has 0 atom stereocenters. The fraction of sp³-hybridized carbons (Fsp3) is 0.154. The molecule has 0 unspecified atom stereocenters. The lowest BCUT2D eigenvalue weighted by Gasteiger charge is -2.05. The Labute approximate surface area is 103 Å². The number of carbonyl (C=O) groups excluding carboxylic acids is 1. The number of hydrogen-bond acceptors (Lipinski definition) is 4. The summed E-state index contributed by atoms with van der Waals surface area (Å²) in [6, 6.07) is 4.12. The average molecular weight is 246 g/mol. The predicted molar refractivity (Wildman–Crippen MR) is 63.2 cm³/mol. The van der Waals surface area contributed by atoms with E-state index in [1.807, 2.05) is 0 Å². The normalized spacial score (nSPS) is 10.2. The van der Waals surface area contributed by atoms with Crippen LogP contribution < -0.4 is 4.74 Å². The molecule has 4 nitrogen and oxygen atoms in total. The first-order valence-electron chi connectivity index (χ1n) is 5.28. The van der Waals surface area contributed by atoms with Crippen molar-refractivity contribution >= 4 is 5.78 Å². The second kappa shape index (κ2) is 4.91. The molecule has 92 valence electrons. The fourth-order valence-electron chi connectivity index (χ4n) is 1.63. The van der Waals surface area contributed by atoms with Gasteiger partial charge in [-0.25, -0.2) is 14.4 Å². The number of benzene rings is 1. The number of ketones is 1. The quantitative estimate of drug-likeness (QED) is 0.779. The van der Waals surface area contributed by atoms with Crippen molar-refractivity contribution in [3.63, 3.8) is 0 Å². The zero-order chi connectivity index (χ0) is 13.1. The molecule has 1 heterocycles. The van der Waals surface area contributed by atoms with Crippen LogP contribution in [-0.4, -0.2) is 22.9 Å². The molecule has 0 fully saturated rings. The first-order chi connectivity index (χ1) is 8.61. The lowest BCUT2D eigenvalue weighted by atomic mass is 10.1. The average Bonchev–Trinajstić information content (AvgIpc) is 2.36. The van der Waals surface area contributed by atoms with Crippen LogP contribution in [0.25, 0.3) is 0 Å². The van der Waals surface area contributed by atoms with Crippen LogP contribution in [0.5, 0.6) is 5.88 Å². The van der Waals surface area contributed by atoms with E-state index in [1.54, 1.807) is 13.0 Å². The highest BCUT2D eigenvalue weighted by molar-refractivity contribution is 6.09. The van der Waals surface area contributed by atoms with E-state index in [0.29, 0.717) is 5.56 Å². The summed E-state index contributed by atoms with van der Waals surface area (Å²) < 4.78 is 18.2. The zero-order valence-electron chi connectivity index (χ0n) is 9.98. The zero-order valence-corrected chi connectivity index (χ0v) is 9.98. The molecule has 0 radical (unpaired) electrons. The third kappa shape index (κ3) is 2.34. The maximum absolute atomic E-state index is 13.3. The van der Waals surface area contributed by atoms with E-state index >= 15 is 0 Å². The molecular weight excluding hydrogens is 235 g/mol. The number of rotatable bonds is 3. The Morgan fingerprint density at radius 2 is 1.94 bits per heavy atom. The highest BCUT2D eigenvalue weighted by Crippen LogP contribution is 2.17. The Hall–Kier alpha value is -2.30. The van der Waals surface area contributed by atoms with Gasteiger partial charge in [0.15, 0.2) is 5.69 Å². The fourth-order valence-corrected chi connectivity index (χ4v) is 1.63. The van der Waals surface area contributed by atoms with Gasteiger partial charge in [0, 0.05) is 18.0 Å². The van der Waals surface area contributed by atoms with E-state index in [0.717, 1.165) is 0 Å². The highest BCUT2D eigenvalue weighted by atomic mass is 19.1. The number of ether oxygens (including phenoxy) is 1. The Morgan fingerprint density at radius 3 is 2.61 bits per heavy atom. The van der Waals surface area contributed by atoms with Gasteiger partial charge in [-0.1, -0.05) is 0 Å². The second-order valence-corrected chi connectivity index (χ2v) is 3.76. The second-order valence-electron chi connectivity index (χ2n) is 3.76. The summed E-state index contributed by atoms with van der Waals surface area (Å²) in [6.07, 6.45) is 2.81. The van der Waals surface area contributed by atoms with Crippen molar-refractivity contribution in [1.82, 2.24) is 9.97 Å². The third-order valence-corrected chi connectivity index (χ3v) is 2.38. The van der Waals surface area contributed by atoms with Crippen LogP contribution in [0, 0.1) is 12.7 Å². The Kier molecular flexibility index (Phi) is 3.32. The van der Waals surface area contributed by atoms with Crippen molar-refractivity contribution in [1.29, 1.82) is 0 Å². The van der Waals surface area contributed by atoms with Gasteiger partial charge in [-0.2, -0.15) is 0 Å². The van der Waals surface area contributed by atoms with Crippen molar-refractivity contribution in [2.75, 3.05) is 7.11 Å². The molecule has 0 aliphatic heterocycles. The number of methoxy groups -OCH3 is 1. The molecule has 0 aliphatic carbocycles. The molecule has 1 aromatic carbocycles. The molecule has 0 bridgehead atoms. The maximum atomic E-state index is 13.3. The van der Waals surface area contributed by atoms with E-state index in [1.165, 1.54) is 31.6 Å².